The molecule has 0 aliphatic rings. The van der Waals surface area contributed by atoms with Crippen molar-refractivity contribution in [2.24, 2.45) is 0 Å². The highest BCUT2D eigenvalue weighted by molar-refractivity contribution is 9.10. The second kappa shape index (κ2) is 6.06. The first-order chi connectivity index (χ1) is 9.38. The minimum atomic E-state index is -0.457. The lowest BCUT2D eigenvalue weighted by atomic mass is 10.1. The van der Waals surface area contributed by atoms with Crippen molar-refractivity contribution in [3.8, 4) is 0 Å². The number of hydrogen-bond donors (Lipinski definition) is 1. The van der Waals surface area contributed by atoms with Crippen molar-refractivity contribution >= 4 is 43.5 Å². The highest BCUT2D eigenvalue weighted by atomic mass is 79.9. The summed E-state index contributed by atoms with van der Waals surface area (Å²) in [6.45, 7) is 3.82. The van der Waals surface area contributed by atoms with Gasteiger partial charge in [0.25, 0.3) is 5.91 Å². The Hall–Kier alpha value is -1.20. The second-order valence-corrected chi connectivity index (χ2v) is 6.27. The molecule has 1 amide bonds. The molecule has 0 atom stereocenters. The summed E-state index contributed by atoms with van der Waals surface area (Å²) in [5.41, 5.74) is 2.93. The quantitative estimate of drug-likeness (QED) is 0.735. The Kier molecular flexibility index (Phi) is 4.60. The SMILES string of the molecule is Cc1cc(Br)cc(C)c1NC(=O)c1ccc(Br)c(F)c1. The molecular weight excluding hydrogens is 389 g/mol. The fourth-order valence-electron chi connectivity index (χ4n) is 1.93. The van der Waals surface area contributed by atoms with Gasteiger partial charge in [0.2, 0.25) is 0 Å². The van der Waals surface area contributed by atoms with Gasteiger partial charge in [0, 0.05) is 15.7 Å². The van der Waals surface area contributed by atoms with Crippen molar-refractivity contribution in [3.63, 3.8) is 0 Å². The third-order valence-corrected chi connectivity index (χ3v) is 4.02. The molecule has 0 aliphatic heterocycles. The molecule has 0 heterocycles. The van der Waals surface area contributed by atoms with Gasteiger partial charge in [-0.05, 0) is 71.2 Å². The molecule has 0 aliphatic carbocycles. The molecule has 20 heavy (non-hydrogen) atoms. The highest BCUT2D eigenvalue weighted by Crippen LogP contribution is 2.26. The molecule has 0 saturated carbocycles. The van der Waals surface area contributed by atoms with Crippen LogP contribution in [0.5, 0.6) is 0 Å². The Morgan fingerprint density at radius 3 is 2.25 bits per heavy atom. The number of rotatable bonds is 2. The van der Waals surface area contributed by atoms with E-state index < -0.39 is 5.82 Å². The summed E-state index contributed by atoms with van der Waals surface area (Å²) in [5, 5.41) is 2.83. The van der Waals surface area contributed by atoms with E-state index in [1.165, 1.54) is 12.1 Å². The zero-order chi connectivity index (χ0) is 14.9. The number of nitrogens with one attached hydrogen (secondary N) is 1. The maximum absolute atomic E-state index is 13.5. The number of carbonyl (C=O) groups is 1. The Morgan fingerprint density at radius 2 is 1.70 bits per heavy atom. The zero-order valence-corrected chi connectivity index (χ0v) is 14.1. The van der Waals surface area contributed by atoms with Crippen molar-refractivity contribution in [1.82, 2.24) is 0 Å². The van der Waals surface area contributed by atoms with Crippen LogP contribution in [0.2, 0.25) is 0 Å². The van der Waals surface area contributed by atoms with E-state index in [-0.39, 0.29) is 11.5 Å². The van der Waals surface area contributed by atoms with E-state index in [0.29, 0.717) is 4.47 Å². The first-order valence-electron chi connectivity index (χ1n) is 5.91. The van der Waals surface area contributed by atoms with E-state index in [1.807, 2.05) is 26.0 Å². The summed E-state index contributed by atoms with van der Waals surface area (Å²) in [7, 11) is 0. The van der Waals surface area contributed by atoms with E-state index in [4.69, 9.17) is 0 Å². The molecule has 0 fully saturated rings. The van der Waals surface area contributed by atoms with E-state index in [0.717, 1.165) is 21.3 Å². The van der Waals surface area contributed by atoms with Crippen LogP contribution >= 0.6 is 31.9 Å². The van der Waals surface area contributed by atoms with E-state index in [2.05, 4.69) is 37.2 Å². The fraction of sp³-hybridized carbons (Fsp3) is 0.133. The minimum absolute atomic E-state index is 0.285. The van der Waals surface area contributed by atoms with Gasteiger partial charge in [-0.3, -0.25) is 4.79 Å². The van der Waals surface area contributed by atoms with Gasteiger partial charge in [0.15, 0.2) is 0 Å². The molecular formula is C15H12Br2FNO. The zero-order valence-electron chi connectivity index (χ0n) is 10.9. The first-order valence-corrected chi connectivity index (χ1v) is 7.50. The van der Waals surface area contributed by atoms with Gasteiger partial charge in [-0.1, -0.05) is 15.9 Å². The molecule has 0 aromatic heterocycles. The lowest BCUT2D eigenvalue weighted by Crippen LogP contribution is -2.14. The smallest absolute Gasteiger partial charge is 0.255 e. The molecule has 2 nitrogen and oxygen atoms in total. The number of anilines is 1. The van der Waals surface area contributed by atoms with Gasteiger partial charge in [0.05, 0.1) is 4.47 Å². The van der Waals surface area contributed by atoms with Gasteiger partial charge in [-0.15, -0.1) is 0 Å². The third kappa shape index (κ3) is 3.27. The van der Waals surface area contributed by atoms with Crippen LogP contribution in [-0.2, 0) is 0 Å². The molecule has 0 radical (unpaired) electrons. The standard InChI is InChI=1S/C15H12Br2FNO/c1-8-5-11(16)6-9(2)14(8)19-15(20)10-3-4-12(17)13(18)7-10/h3-7H,1-2H3,(H,19,20). The van der Waals surface area contributed by atoms with Crippen LogP contribution < -0.4 is 5.32 Å². The Morgan fingerprint density at radius 1 is 1.10 bits per heavy atom. The van der Waals surface area contributed by atoms with Crippen LogP contribution in [0.3, 0.4) is 0 Å². The Bertz CT molecular complexity index is 663. The van der Waals surface area contributed by atoms with Crippen LogP contribution in [0.25, 0.3) is 0 Å². The fourth-order valence-corrected chi connectivity index (χ4v) is 2.86. The van der Waals surface area contributed by atoms with Crippen LogP contribution in [0.4, 0.5) is 10.1 Å². The highest BCUT2D eigenvalue weighted by Gasteiger charge is 2.12. The third-order valence-electron chi connectivity index (χ3n) is 2.92. The molecule has 0 bridgehead atoms. The molecule has 0 saturated heterocycles. The predicted molar refractivity (Wildman–Crippen MR) is 85.7 cm³/mol. The molecule has 2 aromatic carbocycles. The summed E-state index contributed by atoms with van der Waals surface area (Å²) in [4.78, 5) is 12.2. The molecule has 5 heteroatoms. The maximum Gasteiger partial charge on any atom is 0.255 e. The van der Waals surface area contributed by atoms with Gasteiger partial charge in [0.1, 0.15) is 5.82 Å². The van der Waals surface area contributed by atoms with Crippen LogP contribution in [0.15, 0.2) is 39.3 Å². The van der Waals surface area contributed by atoms with E-state index in [1.54, 1.807) is 6.07 Å². The number of amides is 1. The summed E-state index contributed by atoms with van der Waals surface area (Å²) < 4.78 is 14.8. The van der Waals surface area contributed by atoms with Crippen LogP contribution in [-0.4, -0.2) is 5.91 Å². The lowest BCUT2D eigenvalue weighted by molar-refractivity contribution is 0.102. The topological polar surface area (TPSA) is 29.1 Å². The number of hydrogen-bond acceptors (Lipinski definition) is 1. The molecule has 104 valence electrons. The predicted octanol–water partition coefficient (Wildman–Crippen LogP) is 5.22. The van der Waals surface area contributed by atoms with Crippen molar-refractivity contribution in [2.75, 3.05) is 5.32 Å². The first kappa shape index (κ1) is 15.2. The normalized spacial score (nSPS) is 10.4. The Balaban J connectivity index is 2.30. The Labute approximate surface area is 133 Å². The van der Waals surface area contributed by atoms with E-state index >= 15 is 0 Å². The molecule has 0 unspecified atom stereocenters. The minimum Gasteiger partial charge on any atom is -0.322 e. The summed E-state index contributed by atoms with van der Waals surface area (Å²) in [6.07, 6.45) is 0. The summed E-state index contributed by atoms with van der Waals surface area (Å²) in [6, 6.07) is 8.15. The largest absolute Gasteiger partial charge is 0.322 e. The monoisotopic (exact) mass is 399 g/mol. The van der Waals surface area contributed by atoms with Crippen molar-refractivity contribution < 1.29 is 9.18 Å². The average molecular weight is 401 g/mol. The molecule has 1 N–H and O–H groups in total. The van der Waals surface area contributed by atoms with E-state index in [9.17, 15) is 9.18 Å². The second-order valence-electron chi connectivity index (χ2n) is 4.50. The van der Waals surface area contributed by atoms with Gasteiger partial charge < -0.3 is 5.32 Å². The van der Waals surface area contributed by atoms with Crippen LogP contribution in [0, 0.1) is 19.7 Å². The number of carbonyl (C=O) groups excluding carboxylic acids is 1. The van der Waals surface area contributed by atoms with Gasteiger partial charge >= 0.3 is 0 Å². The van der Waals surface area contributed by atoms with Gasteiger partial charge in [-0.25, -0.2) is 4.39 Å². The summed E-state index contributed by atoms with van der Waals surface area (Å²) in [5.74, 6) is -0.785. The number of benzene rings is 2. The lowest BCUT2D eigenvalue weighted by Gasteiger charge is -2.12. The molecule has 0 spiro atoms. The summed E-state index contributed by atoms with van der Waals surface area (Å²) >= 11 is 6.47. The molecule has 2 rings (SSSR count). The molecule has 2 aromatic rings. The van der Waals surface area contributed by atoms with Crippen molar-refractivity contribution in [3.05, 3.63) is 61.8 Å². The van der Waals surface area contributed by atoms with Crippen molar-refractivity contribution in [1.29, 1.82) is 0 Å². The average Bonchev–Trinajstić information content (AvgIpc) is 2.36. The van der Waals surface area contributed by atoms with Crippen LogP contribution in [0.1, 0.15) is 21.5 Å². The number of aryl methyl sites for hydroxylation is 2. The maximum atomic E-state index is 13.5. The number of halogens is 3. The van der Waals surface area contributed by atoms with Crippen molar-refractivity contribution in [2.45, 2.75) is 13.8 Å². The van der Waals surface area contributed by atoms with Gasteiger partial charge in [-0.2, -0.15) is 0 Å².